The first kappa shape index (κ1) is 20.4. The highest BCUT2D eigenvalue weighted by Crippen LogP contribution is 2.27. The van der Waals surface area contributed by atoms with Crippen molar-refractivity contribution in [1.29, 1.82) is 5.26 Å². The average molecular weight is 444 g/mol. The predicted molar refractivity (Wildman–Crippen MR) is 118 cm³/mol. The van der Waals surface area contributed by atoms with Crippen LogP contribution in [0, 0.1) is 11.3 Å². The number of hydrogen-bond donors (Lipinski definition) is 3. The number of hydrogen-bond acceptors (Lipinski definition) is 9. The molecule has 33 heavy (non-hydrogen) atoms. The van der Waals surface area contributed by atoms with E-state index in [-0.39, 0.29) is 5.70 Å². The molecule has 2 fully saturated rings. The Hall–Kier alpha value is -4.53. The third-order valence-corrected chi connectivity index (χ3v) is 5.19. The molecule has 12 nitrogen and oxygen atoms in total. The van der Waals surface area contributed by atoms with Gasteiger partial charge in [0.05, 0.1) is 18.7 Å². The summed E-state index contributed by atoms with van der Waals surface area (Å²) in [5, 5.41) is 21.6. The second-order valence-corrected chi connectivity index (χ2v) is 7.76. The van der Waals surface area contributed by atoms with Crippen LogP contribution in [0.1, 0.15) is 30.4 Å². The molecule has 1 saturated heterocycles. The van der Waals surface area contributed by atoms with Crippen LogP contribution in [0.3, 0.4) is 0 Å². The van der Waals surface area contributed by atoms with Crippen molar-refractivity contribution in [1.82, 2.24) is 35.2 Å². The van der Waals surface area contributed by atoms with Crippen LogP contribution < -0.4 is 20.9 Å². The lowest BCUT2D eigenvalue weighted by atomic mass is 10.2. The van der Waals surface area contributed by atoms with Gasteiger partial charge in [0.15, 0.2) is 5.65 Å². The van der Waals surface area contributed by atoms with Crippen LogP contribution in [0.15, 0.2) is 36.4 Å². The number of nitriles is 1. The number of pyridine rings is 1. The maximum absolute atomic E-state index is 12.0. The van der Waals surface area contributed by atoms with Crippen LogP contribution >= 0.6 is 0 Å². The summed E-state index contributed by atoms with van der Waals surface area (Å²) < 4.78 is 1.58. The van der Waals surface area contributed by atoms with Crippen LogP contribution in [-0.2, 0) is 11.3 Å². The van der Waals surface area contributed by atoms with Crippen LogP contribution in [0.25, 0.3) is 11.7 Å². The van der Waals surface area contributed by atoms with Crippen molar-refractivity contribution in [2.75, 3.05) is 16.8 Å². The molecule has 0 unspecified atom stereocenters. The number of nitrogens with zero attached hydrogens (tertiary/aromatic N) is 7. The van der Waals surface area contributed by atoms with Crippen molar-refractivity contribution in [3.05, 3.63) is 47.5 Å². The molecule has 1 aliphatic heterocycles. The topological polar surface area (TPSA) is 153 Å². The minimum absolute atomic E-state index is 0.114. The largest absolute Gasteiger partial charge is 0.351 e. The Labute approximate surface area is 188 Å². The molecule has 1 saturated carbocycles. The van der Waals surface area contributed by atoms with Gasteiger partial charge in [0, 0.05) is 37.1 Å². The van der Waals surface area contributed by atoms with Crippen LogP contribution in [0.5, 0.6) is 0 Å². The lowest BCUT2D eigenvalue weighted by Crippen LogP contribution is -2.27. The quantitative estimate of drug-likeness (QED) is 0.343. The molecule has 0 spiro atoms. The fourth-order valence-corrected chi connectivity index (χ4v) is 3.41. The molecule has 12 heteroatoms. The Bertz CT molecular complexity index is 1290. The van der Waals surface area contributed by atoms with E-state index in [2.05, 4.69) is 32.1 Å². The summed E-state index contributed by atoms with van der Waals surface area (Å²) >= 11 is 0. The number of urea groups is 1. The van der Waals surface area contributed by atoms with Gasteiger partial charge in [0.2, 0.25) is 11.9 Å². The number of anilines is 2. The molecular weight excluding hydrogens is 424 g/mol. The van der Waals surface area contributed by atoms with Gasteiger partial charge in [-0.2, -0.15) is 24.8 Å². The minimum Gasteiger partial charge on any atom is -0.351 e. The van der Waals surface area contributed by atoms with E-state index in [0.717, 1.165) is 18.4 Å². The summed E-state index contributed by atoms with van der Waals surface area (Å²) in [6, 6.07) is 5.71. The zero-order valence-electron chi connectivity index (χ0n) is 17.5. The van der Waals surface area contributed by atoms with Crippen LogP contribution in [0.4, 0.5) is 16.7 Å². The summed E-state index contributed by atoms with van der Waals surface area (Å²) in [4.78, 5) is 39.0. The summed E-state index contributed by atoms with van der Waals surface area (Å²) in [6.07, 6.45) is 8.93. The van der Waals surface area contributed by atoms with Gasteiger partial charge in [-0.1, -0.05) is 6.07 Å². The van der Waals surface area contributed by atoms with Crippen molar-refractivity contribution in [3.8, 4) is 6.07 Å². The molecule has 3 N–H and O–H groups in total. The molecule has 4 heterocycles. The lowest BCUT2D eigenvalue weighted by molar-refractivity contribution is -0.115. The Morgan fingerprint density at radius 2 is 2.15 bits per heavy atom. The summed E-state index contributed by atoms with van der Waals surface area (Å²) in [5.41, 5.74) is 2.09. The van der Waals surface area contributed by atoms with E-state index < -0.39 is 11.9 Å². The standard InChI is InChI=1S/C21H20N10O2/c22-6-2-8-30(12-13-3-1-7-23-10-13)19-27-17-14(9-16-18(32)28-21(33)26-16)11-24-31(17)20(29-19)25-15-4-5-15/h1,3,7,9-11,15H,2,4-5,8,12H2,(H,25,27,29)(H2,26,28,32,33)/b16-9-. The van der Waals surface area contributed by atoms with E-state index in [1.165, 1.54) is 6.08 Å². The first-order valence-corrected chi connectivity index (χ1v) is 10.5. The average Bonchev–Trinajstić information content (AvgIpc) is 3.45. The number of carbonyl (C=O) groups is 2. The Morgan fingerprint density at radius 3 is 2.85 bits per heavy atom. The van der Waals surface area contributed by atoms with Crippen molar-refractivity contribution >= 4 is 35.6 Å². The minimum atomic E-state index is -0.576. The number of carbonyl (C=O) groups excluding carboxylic acids is 2. The van der Waals surface area contributed by atoms with Gasteiger partial charge in [0.1, 0.15) is 5.70 Å². The molecular formula is C21H20N10O2. The monoisotopic (exact) mass is 444 g/mol. The molecule has 5 rings (SSSR count). The van der Waals surface area contributed by atoms with E-state index in [4.69, 9.17) is 15.2 Å². The van der Waals surface area contributed by atoms with Gasteiger partial charge < -0.3 is 15.5 Å². The highest BCUT2D eigenvalue weighted by molar-refractivity contribution is 6.14. The van der Waals surface area contributed by atoms with Crippen molar-refractivity contribution < 1.29 is 9.59 Å². The summed E-state index contributed by atoms with van der Waals surface area (Å²) in [6.45, 7) is 0.894. The molecule has 3 aromatic rings. The maximum Gasteiger partial charge on any atom is 0.326 e. The zero-order chi connectivity index (χ0) is 22.8. The Morgan fingerprint density at radius 1 is 1.27 bits per heavy atom. The number of nitrogens with one attached hydrogen (secondary N) is 3. The van der Waals surface area contributed by atoms with Gasteiger partial charge >= 0.3 is 6.03 Å². The third-order valence-electron chi connectivity index (χ3n) is 5.19. The van der Waals surface area contributed by atoms with Gasteiger partial charge in [-0.05, 0) is 30.5 Å². The molecule has 3 aromatic heterocycles. The maximum atomic E-state index is 12.0. The Balaban J connectivity index is 1.58. The fraction of sp³-hybridized carbons (Fsp3) is 0.286. The normalized spacial score (nSPS) is 16.5. The Kier molecular flexibility index (Phi) is 5.27. The first-order chi connectivity index (χ1) is 16.1. The predicted octanol–water partition coefficient (Wildman–Crippen LogP) is 1.19. The van der Waals surface area contributed by atoms with Gasteiger partial charge in [-0.15, -0.1) is 0 Å². The second kappa shape index (κ2) is 8.54. The van der Waals surface area contributed by atoms with Crippen LogP contribution in [0.2, 0.25) is 0 Å². The van der Waals surface area contributed by atoms with E-state index in [9.17, 15) is 9.59 Å². The van der Waals surface area contributed by atoms with E-state index >= 15 is 0 Å². The number of rotatable bonds is 8. The molecule has 0 radical (unpaired) electrons. The first-order valence-electron chi connectivity index (χ1n) is 10.5. The third kappa shape index (κ3) is 4.42. The zero-order valence-corrected chi connectivity index (χ0v) is 17.5. The van der Waals surface area contributed by atoms with Gasteiger partial charge in [0.25, 0.3) is 5.91 Å². The van der Waals surface area contributed by atoms with Gasteiger partial charge in [-0.3, -0.25) is 15.1 Å². The second-order valence-electron chi connectivity index (χ2n) is 7.76. The summed E-state index contributed by atoms with van der Waals surface area (Å²) in [7, 11) is 0. The van der Waals surface area contributed by atoms with Gasteiger partial charge in [-0.25, -0.2) is 4.79 Å². The highest BCUT2D eigenvalue weighted by atomic mass is 16.2. The number of aromatic nitrogens is 5. The molecule has 0 atom stereocenters. The number of imide groups is 1. The molecule has 0 bridgehead atoms. The molecule has 1 aliphatic carbocycles. The van der Waals surface area contributed by atoms with E-state index in [0.29, 0.717) is 48.7 Å². The fourth-order valence-electron chi connectivity index (χ4n) is 3.41. The smallest absolute Gasteiger partial charge is 0.326 e. The SMILES string of the molecule is N#CCCN(Cc1cccnc1)c1nc(NC2CC2)n2ncc(/C=C3\NC(=O)NC3=O)c2n1. The summed E-state index contributed by atoms with van der Waals surface area (Å²) in [5.74, 6) is 0.428. The van der Waals surface area contributed by atoms with Crippen molar-refractivity contribution in [2.24, 2.45) is 0 Å². The van der Waals surface area contributed by atoms with E-state index in [1.807, 2.05) is 17.0 Å². The van der Waals surface area contributed by atoms with E-state index in [1.54, 1.807) is 23.1 Å². The molecule has 166 valence electrons. The van der Waals surface area contributed by atoms with Crippen molar-refractivity contribution in [3.63, 3.8) is 0 Å². The molecule has 2 aliphatic rings. The number of amides is 3. The molecule has 3 amide bonds. The highest BCUT2D eigenvalue weighted by Gasteiger charge is 2.26. The van der Waals surface area contributed by atoms with Crippen LogP contribution in [-0.4, -0.2) is 49.1 Å². The lowest BCUT2D eigenvalue weighted by Gasteiger charge is -2.22. The van der Waals surface area contributed by atoms with Crippen molar-refractivity contribution in [2.45, 2.75) is 31.8 Å². The number of fused-ring (bicyclic) bond motifs is 1. The molecule has 0 aromatic carbocycles.